The maximum atomic E-state index is 8.90. The van der Waals surface area contributed by atoms with Gasteiger partial charge in [0.05, 0.1) is 11.3 Å². The topological polar surface area (TPSA) is 79.3 Å². The average molecular weight is 254 g/mol. The Morgan fingerprint density at radius 1 is 1.16 bits per heavy atom. The average Bonchev–Trinajstić information content (AvgIpc) is 2.43. The van der Waals surface area contributed by atoms with Crippen molar-refractivity contribution in [3.8, 4) is 17.6 Å². The molecule has 0 radical (unpaired) electrons. The van der Waals surface area contributed by atoms with Crippen molar-refractivity contribution in [1.82, 2.24) is 0 Å². The van der Waals surface area contributed by atoms with Crippen LogP contribution in [0.4, 0.5) is 5.69 Å². The van der Waals surface area contributed by atoms with Crippen LogP contribution in [0.25, 0.3) is 0 Å². The molecule has 0 fully saturated rings. The van der Waals surface area contributed by atoms with E-state index in [4.69, 9.17) is 20.8 Å². The number of anilines is 1. The molecule has 0 saturated heterocycles. The summed E-state index contributed by atoms with van der Waals surface area (Å²) in [5.74, 6) is 1.11. The van der Waals surface area contributed by atoms with Gasteiger partial charge < -0.3 is 15.6 Å². The number of ether oxygens (including phenoxy) is 1. The zero-order chi connectivity index (χ0) is 13.7. The Bertz CT molecular complexity index is 601. The van der Waals surface area contributed by atoms with E-state index in [0.29, 0.717) is 29.2 Å². The van der Waals surface area contributed by atoms with Crippen LogP contribution in [0.1, 0.15) is 11.1 Å². The fraction of sp³-hybridized carbons (Fsp3) is 0.133. The van der Waals surface area contributed by atoms with Crippen molar-refractivity contribution in [2.24, 2.45) is 0 Å². The summed E-state index contributed by atoms with van der Waals surface area (Å²) in [7, 11) is 0. The van der Waals surface area contributed by atoms with Gasteiger partial charge in [-0.05, 0) is 36.2 Å². The fourth-order valence-corrected chi connectivity index (χ4v) is 1.71. The van der Waals surface area contributed by atoms with E-state index in [9.17, 15) is 0 Å². The molecule has 2 aromatic carbocycles. The maximum absolute atomic E-state index is 8.90. The molecule has 0 heterocycles. The fourth-order valence-electron chi connectivity index (χ4n) is 1.71. The highest BCUT2D eigenvalue weighted by molar-refractivity contribution is 5.63. The van der Waals surface area contributed by atoms with E-state index in [0.717, 1.165) is 5.56 Å². The van der Waals surface area contributed by atoms with Gasteiger partial charge >= 0.3 is 0 Å². The summed E-state index contributed by atoms with van der Waals surface area (Å²) in [5, 5.41) is 17.7. The standard InChI is InChI=1S/C15H14N2O2/c16-10-12-2-1-3-14(15(12)17)19-13-6-4-11(5-7-13)8-9-18/h1-7,18H,8-9,17H2. The van der Waals surface area contributed by atoms with Gasteiger partial charge in [0.1, 0.15) is 11.8 Å². The Hall–Kier alpha value is -2.51. The van der Waals surface area contributed by atoms with Gasteiger partial charge in [-0.3, -0.25) is 0 Å². The Morgan fingerprint density at radius 3 is 2.53 bits per heavy atom. The van der Waals surface area contributed by atoms with Crippen LogP contribution in [0.15, 0.2) is 42.5 Å². The number of nitrogens with zero attached hydrogens (tertiary/aromatic N) is 1. The van der Waals surface area contributed by atoms with E-state index in [1.165, 1.54) is 0 Å². The molecule has 19 heavy (non-hydrogen) atoms. The summed E-state index contributed by atoms with van der Waals surface area (Å²) in [6.45, 7) is 0.122. The zero-order valence-electron chi connectivity index (χ0n) is 10.3. The van der Waals surface area contributed by atoms with Crippen LogP contribution in [-0.4, -0.2) is 11.7 Å². The van der Waals surface area contributed by atoms with E-state index in [1.54, 1.807) is 18.2 Å². The second kappa shape index (κ2) is 5.89. The lowest BCUT2D eigenvalue weighted by Gasteiger charge is -2.09. The minimum Gasteiger partial charge on any atom is -0.455 e. The molecule has 2 rings (SSSR count). The number of rotatable bonds is 4. The highest BCUT2D eigenvalue weighted by atomic mass is 16.5. The van der Waals surface area contributed by atoms with Crippen LogP contribution in [0.5, 0.6) is 11.5 Å². The van der Waals surface area contributed by atoms with Crippen molar-refractivity contribution >= 4 is 5.69 Å². The third-order valence-electron chi connectivity index (χ3n) is 2.74. The van der Waals surface area contributed by atoms with Crippen LogP contribution in [0, 0.1) is 11.3 Å². The molecule has 4 heteroatoms. The number of hydrogen-bond acceptors (Lipinski definition) is 4. The summed E-state index contributed by atoms with van der Waals surface area (Å²) in [5.41, 5.74) is 7.61. The molecule has 2 aromatic rings. The van der Waals surface area contributed by atoms with Gasteiger partial charge in [0, 0.05) is 6.61 Å². The minimum absolute atomic E-state index is 0.122. The highest BCUT2D eigenvalue weighted by Gasteiger charge is 2.06. The predicted molar refractivity (Wildman–Crippen MR) is 72.9 cm³/mol. The van der Waals surface area contributed by atoms with Crippen LogP contribution in [-0.2, 0) is 6.42 Å². The Balaban J connectivity index is 2.19. The quantitative estimate of drug-likeness (QED) is 0.821. The number of hydrogen-bond donors (Lipinski definition) is 2. The number of nitriles is 1. The highest BCUT2D eigenvalue weighted by Crippen LogP contribution is 2.29. The van der Waals surface area contributed by atoms with Crippen molar-refractivity contribution in [1.29, 1.82) is 5.26 Å². The number of benzene rings is 2. The van der Waals surface area contributed by atoms with Crippen molar-refractivity contribution in [3.05, 3.63) is 53.6 Å². The van der Waals surface area contributed by atoms with E-state index < -0.39 is 0 Å². The lowest BCUT2D eigenvalue weighted by atomic mass is 10.1. The molecular formula is C15H14N2O2. The lowest BCUT2D eigenvalue weighted by molar-refractivity contribution is 0.299. The summed E-state index contributed by atoms with van der Waals surface area (Å²) in [6.07, 6.45) is 0.617. The SMILES string of the molecule is N#Cc1cccc(Oc2ccc(CCO)cc2)c1N. The first kappa shape index (κ1) is 12.9. The monoisotopic (exact) mass is 254 g/mol. The van der Waals surface area contributed by atoms with Gasteiger partial charge in [-0.25, -0.2) is 0 Å². The molecule has 4 nitrogen and oxygen atoms in total. The molecule has 0 bridgehead atoms. The van der Waals surface area contributed by atoms with E-state index in [-0.39, 0.29) is 6.61 Å². The summed E-state index contributed by atoms with van der Waals surface area (Å²) >= 11 is 0. The van der Waals surface area contributed by atoms with Crippen molar-refractivity contribution in [3.63, 3.8) is 0 Å². The number of nitrogens with two attached hydrogens (primary N) is 1. The van der Waals surface area contributed by atoms with E-state index in [2.05, 4.69) is 0 Å². The van der Waals surface area contributed by atoms with E-state index >= 15 is 0 Å². The second-order valence-electron chi connectivity index (χ2n) is 4.05. The van der Waals surface area contributed by atoms with Crippen LogP contribution in [0.3, 0.4) is 0 Å². The van der Waals surface area contributed by atoms with Gasteiger partial charge in [-0.2, -0.15) is 5.26 Å². The third kappa shape index (κ3) is 3.03. The zero-order valence-corrected chi connectivity index (χ0v) is 10.3. The number of para-hydroxylation sites is 1. The Kier molecular flexibility index (Phi) is 4.01. The molecule has 0 spiro atoms. The number of nitrogen functional groups attached to an aromatic ring is 1. The van der Waals surface area contributed by atoms with Crippen molar-refractivity contribution in [2.45, 2.75) is 6.42 Å². The minimum atomic E-state index is 0.122. The molecule has 0 amide bonds. The van der Waals surface area contributed by atoms with E-state index in [1.807, 2.05) is 30.3 Å². The van der Waals surface area contributed by atoms with Gasteiger partial charge in [0.15, 0.2) is 5.75 Å². The summed E-state index contributed by atoms with van der Waals surface area (Å²) in [6, 6.07) is 14.5. The third-order valence-corrected chi connectivity index (χ3v) is 2.74. The number of aliphatic hydroxyl groups is 1. The van der Waals surface area contributed by atoms with Crippen LogP contribution < -0.4 is 10.5 Å². The number of aliphatic hydroxyl groups excluding tert-OH is 1. The Morgan fingerprint density at radius 2 is 1.89 bits per heavy atom. The molecular weight excluding hydrogens is 240 g/mol. The largest absolute Gasteiger partial charge is 0.455 e. The molecule has 0 unspecified atom stereocenters. The van der Waals surface area contributed by atoms with Crippen LogP contribution >= 0.6 is 0 Å². The predicted octanol–water partition coefficient (Wildman–Crippen LogP) is 2.47. The molecule has 3 N–H and O–H groups in total. The molecule has 0 aliphatic rings. The molecule has 96 valence electrons. The van der Waals surface area contributed by atoms with Gasteiger partial charge in [-0.1, -0.05) is 18.2 Å². The van der Waals surface area contributed by atoms with Gasteiger partial charge in [0.25, 0.3) is 0 Å². The normalized spacial score (nSPS) is 9.89. The first-order valence-electron chi connectivity index (χ1n) is 5.91. The first-order chi connectivity index (χ1) is 9.24. The lowest BCUT2D eigenvalue weighted by Crippen LogP contribution is -1.95. The summed E-state index contributed by atoms with van der Waals surface area (Å²) in [4.78, 5) is 0. The smallest absolute Gasteiger partial charge is 0.151 e. The molecule has 0 atom stereocenters. The molecule has 0 aliphatic carbocycles. The second-order valence-corrected chi connectivity index (χ2v) is 4.05. The molecule has 0 saturated carbocycles. The maximum Gasteiger partial charge on any atom is 0.151 e. The summed E-state index contributed by atoms with van der Waals surface area (Å²) < 4.78 is 5.65. The molecule has 0 aliphatic heterocycles. The van der Waals surface area contributed by atoms with Crippen molar-refractivity contribution < 1.29 is 9.84 Å². The van der Waals surface area contributed by atoms with Crippen molar-refractivity contribution in [2.75, 3.05) is 12.3 Å². The molecule has 0 aromatic heterocycles. The van der Waals surface area contributed by atoms with Gasteiger partial charge in [0.2, 0.25) is 0 Å². The first-order valence-corrected chi connectivity index (χ1v) is 5.91. The van der Waals surface area contributed by atoms with Gasteiger partial charge in [-0.15, -0.1) is 0 Å². The van der Waals surface area contributed by atoms with Crippen LogP contribution in [0.2, 0.25) is 0 Å². The Labute approximate surface area is 111 Å².